The molecule has 1 heterocycles. The molecule has 1 aromatic carbocycles. The summed E-state index contributed by atoms with van der Waals surface area (Å²) in [4.78, 5) is 105. The predicted octanol–water partition coefficient (Wildman–Crippen LogP) is 9.32. The molecule has 1 fully saturated rings. The summed E-state index contributed by atoms with van der Waals surface area (Å²) in [6, 6.07) is 5.69. The topological polar surface area (TPSA) is 246 Å². The summed E-state index contributed by atoms with van der Waals surface area (Å²) < 4.78 is 45.9. The summed E-state index contributed by atoms with van der Waals surface area (Å²) in [6.45, 7) is 10.7. The number of carbonyl (C=O) groups is 8. The predicted molar refractivity (Wildman–Crippen MR) is 284 cm³/mol. The van der Waals surface area contributed by atoms with Gasteiger partial charge in [-0.1, -0.05) is 160 Å². The molecule has 1 aliphatic heterocycles. The van der Waals surface area contributed by atoms with E-state index in [1.807, 2.05) is 0 Å². The highest BCUT2D eigenvalue weighted by Gasteiger charge is 2.52. The lowest BCUT2D eigenvalue weighted by Gasteiger charge is -2.45. The quantitative estimate of drug-likeness (QED) is 0.0316. The van der Waals surface area contributed by atoms with Crippen molar-refractivity contribution in [1.29, 1.82) is 0 Å². The van der Waals surface area contributed by atoms with Crippen LogP contribution in [0.25, 0.3) is 0 Å². The molecule has 432 valence electrons. The molecular formula is C57H93N3O16. The lowest BCUT2D eigenvalue weighted by Crippen LogP contribution is -2.67. The van der Waals surface area contributed by atoms with E-state index in [9.17, 15) is 38.4 Å². The van der Waals surface area contributed by atoms with Gasteiger partial charge in [0.25, 0.3) is 0 Å². The van der Waals surface area contributed by atoms with Crippen molar-refractivity contribution < 1.29 is 76.3 Å². The maximum Gasteiger partial charge on any atom is 0.408 e. The fourth-order valence-electron chi connectivity index (χ4n) is 8.61. The van der Waals surface area contributed by atoms with E-state index in [-0.39, 0.29) is 19.4 Å². The van der Waals surface area contributed by atoms with Crippen molar-refractivity contribution in [2.75, 3.05) is 19.8 Å². The van der Waals surface area contributed by atoms with E-state index in [2.05, 4.69) is 29.8 Å². The molecule has 0 aliphatic carbocycles. The van der Waals surface area contributed by atoms with Gasteiger partial charge in [0.1, 0.15) is 43.6 Å². The molecule has 1 aromatic rings. The summed E-state index contributed by atoms with van der Waals surface area (Å²) in [5, 5.41) is 7.64. The second kappa shape index (κ2) is 39.1. The highest BCUT2D eigenvalue weighted by molar-refractivity contribution is 5.87. The van der Waals surface area contributed by atoms with E-state index in [0.29, 0.717) is 24.8 Å². The molecule has 1 saturated heterocycles. The minimum atomic E-state index is -1.65. The molecule has 3 amide bonds. The van der Waals surface area contributed by atoms with Crippen LogP contribution in [0.15, 0.2) is 30.3 Å². The monoisotopic (exact) mass is 1080 g/mol. The molecule has 0 unspecified atom stereocenters. The Hall–Kier alpha value is -5.30. The van der Waals surface area contributed by atoms with Crippen LogP contribution in [0.4, 0.5) is 4.79 Å². The zero-order valence-corrected chi connectivity index (χ0v) is 47.1. The third kappa shape index (κ3) is 31.7. The van der Waals surface area contributed by atoms with Gasteiger partial charge in [0.15, 0.2) is 24.5 Å². The van der Waals surface area contributed by atoms with Gasteiger partial charge in [0.2, 0.25) is 11.8 Å². The summed E-state index contributed by atoms with van der Waals surface area (Å²) in [7, 11) is 0. The molecule has 1 aliphatic rings. The average Bonchev–Trinajstić information content (AvgIpc) is 3.35. The largest absolute Gasteiger partial charge is 0.463 e. The lowest BCUT2D eigenvalue weighted by atomic mass is 9.95. The second-order valence-corrected chi connectivity index (χ2v) is 20.7. The van der Waals surface area contributed by atoms with Gasteiger partial charge in [-0.15, -0.1) is 0 Å². The van der Waals surface area contributed by atoms with Gasteiger partial charge < -0.3 is 53.8 Å². The molecule has 3 N–H and O–H groups in total. The number of alkyl carbamates (subject to hydrolysis) is 1. The Morgan fingerprint density at radius 3 is 1.72 bits per heavy atom. The van der Waals surface area contributed by atoms with Crippen LogP contribution in [-0.2, 0) is 78.1 Å². The highest BCUT2D eigenvalue weighted by atomic mass is 16.7. The second-order valence-electron chi connectivity index (χ2n) is 20.7. The van der Waals surface area contributed by atoms with Crippen LogP contribution in [0.2, 0.25) is 0 Å². The molecule has 7 atom stereocenters. The number of amides is 3. The number of benzene rings is 1. The standard InChI is InChI=1S/C57H93N3O16/c1-9-11-13-15-17-19-20-22-24-26-31-35-50(66)74-45(34-30-25-23-21-18-16-14-12-10-2)36-48(64)60-51-53(73-43(5)63)52(72-42(4)62)47(40-69-41(3)61)75-55(51)71-39-46(54(67)70-38-44-32-28-27-29-33-44)59-49(65)37-58-56(68)76-57(6,7)8/h27-29,32-33,45-47,51-53,55H,9-26,30-31,34-40H2,1-8H3,(H,58,68)(H,59,65)(H,60,64)/t45-,46+,47-,51-,52-,53-,55-/m1/s1. The number of hydrogen-bond acceptors (Lipinski definition) is 16. The molecule has 76 heavy (non-hydrogen) atoms. The number of nitrogens with one attached hydrogen (secondary N) is 3. The molecule has 19 nitrogen and oxygen atoms in total. The van der Waals surface area contributed by atoms with Crippen LogP contribution in [-0.4, -0.2) is 116 Å². The van der Waals surface area contributed by atoms with Crippen LogP contribution in [0.3, 0.4) is 0 Å². The summed E-state index contributed by atoms with van der Waals surface area (Å²) in [6.07, 6.45) is 14.5. The Bertz CT molecular complexity index is 1860. The van der Waals surface area contributed by atoms with E-state index in [1.54, 1.807) is 51.1 Å². The van der Waals surface area contributed by atoms with Crippen molar-refractivity contribution in [1.82, 2.24) is 16.0 Å². The van der Waals surface area contributed by atoms with Gasteiger partial charge in [-0.05, 0) is 45.6 Å². The van der Waals surface area contributed by atoms with Gasteiger partial charge in [0.05, 0.1) is 13.0 Å². The molecule has 0 aromatic heterocycles. The van der Waals surface area contributed by atoms with Gasteiger partial charge in [-0.3, -0.25) is 28.8 Å². The minimum Gasteiger partial charge on any atom is -0.463 e. The van der Waals surface area contributed by atoms with Crippen molar-refractivity contribution in [2.45, 2.75) is 258 Å². The average molecular weight is 1080 g/mol. The molecule has 0 saturated carbocycles. The number of carbonyl (C=O) groups excluding carboxylic acids is 8. The van der Waals surface area contributed by atoms with Crippen LogP contribution in [0.5, 0.6) is 0 Å². The number of rotatable bonds is 39. The first-order chi connectivity index (χ1) is 36.3. The Kier molecular flexibility index (Phi) is 34.4. The zero-order chi connectivity index (χ0) is 56.1. The van der Waals surface area contributed by atoms with E-state index < -0.39 is 116 Å². The van der Waals surface area contributed by atoms with Crippen molar-refractivity contribution >= 4 is 47.8 Å². The maximum atomic E-state index is 14.3. The molecule has 0 bridgehead atoms. The van der Waals surface area contributed by atoms with Crippen LogP contribution in [0.1, 0.15) is 209 Å². The maximum absolute atomic E-state index is 14.3. The third-order valence-electron chi connectivity index (χ3n) is 12.4. The Morgan fingerprint density at radius 1 is 0.645 bits per heavy atom. The Labute approximate surface area is 452 Å². The molecule has 19 heteroatoms. The van der Waals surface area contributed by atoms with Crippen molar-refractivity contribution in [3.8, 4) is 0 Å². The van der Waals surface area contributed by atoms with Crippen LogP contribution < -0.4 is 16.0 Å². The van der Waals surface area contributed by atoms with Crippen molar-refractivity contribution in [3.05, 3.63) is 35.9 Å². The summed E-state index contributed by atoms with van der Waals surface area (Å²) in [5.74, 6) is -5.25. The van der Waals surface area contributed by atoms with Gasteiger partial charge in [0, 0.05) is 27.2 Å². The Morgan fingerprint density at radius 2 is 1.18 bits per heavy atom. The first-order valence-electron chi connectivity index (χ1n) is 28.0. The van der Waals surface area contributed by atoms with E-state index in [4.69, 9.17) is 37.9 Å². The number of ether oxygens (including phenoxy) is 8. The fourth-order valence-corrected chi connectivity index (χ4v) is 8.61. The molecule has 0 spiro atoms. The van der Waals surface area contributed by atoms with Crippen molar-refractivity contribution in [3.63, 3.8) is 0 Å². The Balaban J connectivity index is 2.42. The van der Waals surface area contributed by atoms with E-state index in [0.717, 1.165) is 65.7 Å². The zero-order valence-electron chi connectivity index (χ0n) is 47.1. The van der Waals surface area contributed by atoms with Gasteiger partial charge in [-0.2, -0.15) is 0 Å². The minimum absolute atomic E-state index is 0.187. The normalized spacial score (nSPS) is 18.0. The lowest BCUT2D eigenvalue weighted by molar-refractivity contribution is -0.278. The van der Waals surface area contributed by atoms with Crippen LogP contribution >= 0.6 is 0 Å². The summed E-state index contributed by atoms with van der Waals surface area (Å²) >= 11 is 0. The number of esters is 5. The number of unbranched alkanes of at least 4 members (excludes halogenated alkanes) is 18. The highest BCUT2D eigenvalue weighted by Crippen LogP contribution is 2.29. The van der Waals surface area contributed by atoms with Gasteiger partial charge >= 0.3 is 35.9 Å². The molecule has 2 rings (SSSR count). The molecular weight excluding hydrogens is 983 g/mol. The van der Waals surface area contributed by atoms with Crippen molar-refractivity contribution in [2.24, 2.45) is 0 Å². The summed E-state index contributed by atoms with van der Waals surface area (Å²) in [5.41, 5.74) is -0.225. The first-order valence-corrected chi connectivity index (χ1v) is 28.0. The van der Waals surface area contributed by atoms with Gasteiger partial charge in [-0.25, -0.2) is 9.59 Å². The molecule has 0 radical (unpaired) electrons. The van der Waals surface area contributed by atoms with E-state index >= 15 is 0 Å². The number of hydrogen-bond donors (Lipinski definition) is 3. The smallest absolute Gasteiger partial charge is 0.408 e. The first kappa shape index (κ1) is 66.8. The van der Waals surface area contributed by atoms with Crippen LogP contribution in [0, 0.1) is 0 Å². The third-order valence-corrected chi connectivity index (χ3v) is 12.4. The SMILES string of the molecule is CCCCCCCCCCCCCC(=O)O[C@H](CCCCCCCCCCC)CC(=O)N[C@H]1[C@H](OC[C@H](NC(=O)CNC(=O)OC(C)(C)C)C(=O)OCc2ccccc2)O[C@H](COC(C)=O)[C@@H](OC(C)=O)[C@@H]1OC(C)=O. The van der Waals surface area contributed by atoms with E-state index in [1.165, 1.54) is 70.6 Å². The fraction of sp³-hybridized carbons (Fsp3) is 0.754.